The van der Waals surface area contributed by atoms with Crippen LogP contribution < -0.4 is 5.32 Å². The van der Waals surface area contributed by atoms with Gasteiger partial charge >= 0.3 is 12.1 Å². The van der Waals surface area contributed by atoms with E-state index in [-0.39, 0.29) is 12.6 Å². The predicted molar refractivity (Wildman–Crippen MR) is 101 cm³/mol. The van der Waals surface area contributed by atoms with Crippen molar-refractivity contribution in [1.82, 2.24) is 5.32 Å². The van der Waals surface area contributed by atoms with Crippen molar-refractivity contribution in [2.45, 2.75) is 24.0 Å². The maximum atomic E-state index is 12.2. The van der Waals surface area contributed by atoms with Gasteiger partial charge in [-0.2, -0.15) is 0 Å². The Bertz CT molecular complexity index is 813. The molecule has 1 aliphatic heterocycles. The average molecular weight is 392 g/mol. The van der Waals surface area contributed by atoms with Crippen molar-refractivity contribution in [2.75, 3.05) is 12.9 Å². The zero-order valence-corrected chi connectivity index (χ0v) is 15.7. The molecule has 1 amide bonds. The Morgan fingerprint density at radius 3 is 2.77 bits per heavy atom. The number of amides is 1. The summed E-state index contributed by atoms with van der Waals surface area (Å²) in [6.07, 6.45) is 0.274. The van der Waals surface area contributed by atoms with Gasteiger partial charge in [-0.25, -0.2) is 9.59 Å². The maximum absolute atomic E-state index is 12.2. The summed E-state index contributed by atoms with van der Waals surface area (Å²) in [4.78, 5) is 24.9. The quantitative estimate of drug-likeness (QED) is 0.772. The first-order chi connectivity index (χ1) is 12.6. The third-order valence-electron chi connectivity index (χ3n) is 4.05. The Hall–Kier alpha value is -2.18. The van der Waals surface area contributed by atoms with Gasteiger partial charge in [-0.05, 0) is 29.7 Å². The lowest BCUT2D eigenvalue weighted by atomic mass is 10.0. The first kappa shape index (κ1) is 18.6. The molecule has 1 unspecified atom stereocenters. The third kappa shape index (κ3) is 4.31. The van der Waals surface area contributed by atoms with E-state index in [0.29, 0.717) is 10.6 Å². The molecule has 0 saturated carbocycles. The highest BCUT2D eigenvalue weighted by Crippen LogP contribution is 2.39. The second kappa shape index (κ2) is 8.47. The molecule has 0 bridgehead atoms. The number of benzene rings is 2. The molecular formula is C19H18ClNO4S. The zero-order valence-electron chi connectivity index (χ0n) is 14.2. The molecular weight excluding hydrogens is 374 g/mol. The van der Waals surface area contributed by atoms with Crippen LogP contribution in [0.25, 0.3) is 0 Å². The number of alkyl carbamates (subject to hydrolysis) is 1. The molecule has 1 aliphatic rings. The lowest BCUT2D eigenvalue weighted by Gasteiger charge is -2.26. The van der Waals surface area contributed by atoms with Crippen LogP contribution in [0.3, 0.4) is 0 Å². The molecule has 0 aliphatic carbocycles. The van der Waals surface area contributed by atoms with E-state index >= 15 is 0 Å². The summed E-state index contributed by atoms with van der Waals surface area (Å²) < 4.78 is 10.0. The van der Waals surface area contributed by atoms with Crippen LogP contribution in [0.15, 0.2) is 47.4 Å². The number of rotatable bonds is 4. The van der Waals surface area contributed by atoms with Crippen molar-refractivity contribution in [3.8, 4) is 0 Å². The van der Waals surface area contributed by atoms with Crippen molar-refractivity contribution < 1.29 is 19.1 Å². The van der Waals surface area contributed by atoms with Gasteiger partial charge in [-0.15, -0.1) is 11.8 Å². The normalized spacial score (nSPS) is 15.7. The molecule has 0 aromatic heterocycles. The lowest BCUT2D eigenvalue weighted by Crippen LogP contribution is -2.31. The van der Waals surface area contributed by atoms with E-state index in [1.54, 1.807) is 23.9 Å². The minimum Gasteiger partial charge on any atom is -0.465 e. The summed E-state index contributed by atoms with van der Waals surface area (Å²) in [5, 5.41) is 3.19. The van der Waals surface area contributed by atoms with E-state index in [1.807, 2.05) is 30.3 Å². The van der Waals surface area contributed by atoms with E-state index in [0.717, 1.165) is 28.2 Å². The SMILES string of the molecule is COC(=O)c1cc2c(cc1Cl)C(NC(=O)OCc1ccccc1)CCS2. The van der Waals surface area contributed by atoms with Crippen LogP contribution in [-0.4, -0.2) is 24.9 Å². The molecule has 1 heterocycles. The van der Waals surface area contributed by atoms with Crippen LogP contribution in [0.5, 0.6) is 0 Å². The molecule has 2 aromatic rings. The van der Waals surface area contributed by atoms with Gasteiger partial charge in [0.25, 0.3) is 0 Å². The second-order valence-corrected chi connectivity index (χ2v) is 7.30. The predicted octanol–water partition coefficient (Wildman–Crippen LogP) is 4.59. The van der Waals surface area contributed by atoms with Crippen LogP contribution >= 0.6 is 23.4 Å². The van der Waals surface area contributed by atoms with Crippen molar-refractivity contribution in [1.29, 1.82) is 0 Å². The van der Waals surface area contributed by atoms with Crippen LogP contribution in [0.4, 0.5) is 4.79 Å². The van der Waals surface area contributed by atoms with Crippen LogP contribution in [0, 0.1) is 0 Å². The Morgan fingerprint density at radius 2 is 2.04 bits per heavy atom. The highest BCUT2D eigenvalue weighted by atomic mass is 35.5. The van der Waals surface area contributed by atoms with E-state index in [9.17, 15) is 9.59 Å². The van der Waals surface area contributed by atoms with E-state index in [4.69, 9.17) is 21.1 Å². The molecule has 7 heteroatoms. The number of carbonyl (C=O) groups is 2. The number of nitrogens with one attached hydrogen (secondary N) is 1. The third-order valence-corrected chi connectivity index (χ3v) is 5.47. The average Bonchev–Trinajstić information content (AvgIpc) is 2.66. The molecule has 0 radical (unpaired) electrons. The van der Waals surface area contributed by atoms with Gasteiger partial charge in [0, 0.05) is 10.6 Å². The van der Waals surface area contributed by atoms with Gasteiger partial charge in [-0.3, -0.25) is 0 Å². The molecule has 2 aromatic carbocycles. The summed E-state index contributed by atoms with van der Waals surface area (Å²) in [6.45, 7) is 0.211. The van der Waals surface area contributed by atoms with Gasteiger partial charge in [0.2, 0.25) is 0 Å². The number of methoxy groups -OCH3 is 1. The molecule has 1 atom stereocenters. The fourth-order valence-electron chi connectivity index (χ4n) is 2.73. The highest BCUT2D eigenvalue weighted by molar-refractivity contribution is 7.99. The Labute approximate surface area is 161 Å². The maximum Gasteiger partial charge on any atom is 0.407 e. The van der Waals surface area contributed by atoms with Crippen molar-refractivity contribution in [2.24, 2.45) is 0 Å². The van der Waals surface area contributed by atoms with E-state index in [2.05, 4.69) is 5.32 Å². The molecule has 26 heavy (non-hydrogen) atoms. The summed E-state index contributed by atoms with van der Waals surface area (Å²) in [7, 11) is 1.32. The number of hydrogen-bond acceptors (Lipinski definition) is 5. The number of ether oxygens (including phenoxy) is 2. The summed E-state index contributed by atoms with van der Waals surface area (Å²) in [5.74, 6) is 0.342. The number of hydrogen-bond donors (Lipinski definition) is 1. The zero-order chi connectivity index (χ0) is 18.5. The second-order valence-electron chi connectivity index (χ2n) is 5.76. The first-order valence-corrected chi connectivity index (χ1v) is 9.46. The van der Waals surface area contributed by atoms with Crippen LogP contribution in [0.1, 0.15) is 33.9 Å². The number of halogens is 1. The van der Waals surface area contributed by atoms with Gasteiger partial charge in [0.05, 0.1) is 23.7 Å². The Balaban J connectivity index is 1.70. The number of esters is 1. The van der Waals surface area contributed by atoms with Gasteiger partial charge in [0.15, 0.2) is 0 Å². The van der Waals surface area contributed by atoms with Crippen molar-refractivity contribution >= 4 is 35.4 Å². The minimum absolute atomic E-state index is 0.210. The first-order valence-electron chi connectivity index (χ1n) is 8.10. The molecule has 3 rings (SSSR count). The Kier molecular flexibility index (Phi) is 6.06. The summed E-state index contributed by atoms with van der Waals surface area (Å²) >= 11 is 7.85. The molecule has 1 N–H and O–H groups in total. The van der Waals surface area contributed by atoms with E-state index < -0.39 is 12.1 Å². The molecule has 5 nitrogen and oxygen atoms in total. The largest absolute Gasteiger partial charge is 0.465 e. The monoisotopic (exact) mass is 391 g/mol. The fraction of sp³-hybridized carbons (Fsp3) is 0.263. The summed E-state index contributed by atoms with van der Waals surface area (Å²) in [6, 6.07) is 12.7. The highest BCUT2D eigenvalue weighted by Gasteiger charge is 2.26. The lowest BCUT2D eigenvalue weighted by molar-refractivity contribution is 0.0600. The number of thioether (sulfide) groups is 1. The van der Waals surface area contributed by atoms with Crippen molar-refractivity contribution in [3.05, 3.63) is 64.2 Å². The molecule has 136 valence electrons. The fourth-order valence-corrected chi connectivity index (χ4v) is 4.12. The minimum atomic E-state index is -0.482. The molecule has 0 saturated heterocycles. The van der Waals surface area contributed by atoms with Crippen LogP contribution in [-0.2, 0) is 16.1 Å². The van der Waals surface area contributed by atoms with Crippen LogP contribution in [0.2, 0.25) is 5.02 Å². The number of carbonyl (C=O) groups excluding carboxylic acids is 2. The van der Waals surface area contributed by atoms with Gasteiger partial charge in [-0.1, -0.05) is 41.9 Å². The van der Waals surface area contributed by atoms with Crippen molar-refractivity contribution in [3.63, 3.8) is 0 Å². The summed E-state index contributed by atoms with van der Waals surface area (Å²) in [5.41, 5.74) is 2.14. The standard InChI is InChI=1S/C19H18ClNO4S/c1-24-18(22)13-10-17-14(9-15(13)20)16(7-8-26-17)21-19(23)25-11-12-5-3-2-4-6-12/h2-6,9-10,16H,7-8,11H2,1H3,(H,21,23). The Morgan fingerprint density at radius 1 is 1.27 bits per heavy atom. The smallest absolute Gasteiger partial charge is 0.407 e. The molecule has 0 spiro atoms. The van der Waals surface area contributed by atoms with E-state index in [1.165, 1.54) is 7.11 Å². The molecule has 0 fully saturated rings. The van der Waals surface area contributed by atoms with Gasteiger partial charge < -0.3 is 14.8 Å². The number of fused-ring (bicyclic) bond motifs is 1. The topological polar surface area (TPSA) is 64.6 Å². The van der Waals surface area contributed by atoms with Gasteiger partial charge in [0.1, 0.15) is 6.61 Å².